The van der Waals surface area contributed by atoms with Crippen LogP contribution in [0.25, 0.3) is 0 Å². The minimum absolute atomic E-state index is 0.288. The first-order valence-corrected chi connectivity index (χ1v) is 7.72. The van der Waals surface area contributed by atoms with Crippen molar-refractivity contribution in [2.24, 2.45) is 0 Å². The summed E-state index contributed by atoms with van der Waals surface area (Å²) in [4.78, 5) is 25.6. The summed E-state index contributed by atoms with van der Waals surface area (Å²) >= 11 is 0. The normalized spacial score (nSPS) is 10.2. The molecule has 0 aliphatic carbocycles. The van der Waals surface area contributed by atoms with Gasteiger partial charge in [-0.15, -0.1) is 0 Å². The van der Waals surface area contributed by atoms with Crippen molar-refractivity contribution in [1.82, 2.24) is 0 Å². The molecular weight excluding hydrogens is 290 g/mol. The number of hydrogen-bond donors (Lipinski definition) is 0. The van der Waals surface area contributed by atoms with Crippen LogP contribution in [0.3, 0.4) is 0 Å². The lowest BCUT2D eigenvalue weighted by atomic mass is 10.1. The average molecular weight is 311 g/mol. The fourth-order valence-corrected chi connectivity index (χ4v) is 2.43. The number of nitrogens with zero attached hydrogens (tertiary/aromatic N) is 1. The second kappa shape index (κ2) is 7.58. The molecule has 120 valence electrons. The van der Waals surface area contributed by atoms with Gasteiger partial charge < -0.3 is 9.64 Å². The number of ether oxygens (including phenoxy) is 1. The van der Waals surface area contributed by atoms with Crippen molar-refractivity contribution < 1.29 is 14.3 Å². The van der Waals surface area contributed by atoms with Crippen molar-refractivity contribution in [3.63, 3.8) is 0 Å². The van der Waals surface area contributed by atoms with E-state index in [9.17, 15) is 9.59 Å². The molecule has 4 nitrogen and oxygen atoms in total. The minimum Gasteiger partial charge on any atom is -0.422 e. The predicted molar refractivity (Wildman–Crippen MR) is 91.5 cm³/mol. The molecule has 0 radical (unpaired) electrons. The fraction of sp³-hybridized carbons (Fsp3) is 0.263. The minimum atomic E-state index is -0.464. The molecular formula is C19H21NO3. The molecule has 0 saturated heterocycles. The molecule has 0 fully saturated rings. The number of carbonyl (C=O) groups excluding carboxylic acids is 2. The Bertz CT molecular complexity index is 706. The van der Waals surface area contributed by atoms with Crippen LogP contribution < -0.4 is 9.64 Å². The van der Waals surface area contributed by atoms with Crippen LogP contribution in [0.15, 0.2) is 42.5 Å². The first-order chi connectivity index (χ1) is 11.1. The van der Waals surface area contributed by atoms with E-state index in [1.165, 1.54) is 0 Å². The molecule has 0 saturated carbocycles. The number of rotatable bonds is 6. The fourth-order valence-electron chi connectivity index (χ4n) is 2.43. The first kappa shape index (κ1) is 16.7. The highest BCUT2D eigenvalue weighted by molar-refractivity contribution is 5.93. The quantitative estimate of drug-likeness (QED) is 0.461. The van der Waals surface area contributed by atoms with Gasteiger partial charge in [-0.05, 0) is 45.0 Å². The van der Waals surface area contributed by atoms with Gasteiger partial charge in [-0.25, -0.2) is 4.79 Å². The van der Waals surface area contributed by atoms with Gasteiger partial charge in [0.2, 0.25) is 0 Å². The lowest BCUT2D eigenvalue weighted by molar-refractivity contribution is 0.0733. The maximum atomic E-state index is 12.3. The highest BCUT2D eigenvalue weighted by atomic mass is 16.5. The Balaban J connectivity index is 2.31. The van der Waals surface area contributed by atoms with Gasteiger partial charge in [-0.3, -0.25) is 4.79 Å². The summed E-state index contributed by atoms with van der Waals surface area (Å²) in [6, 6.07) is 12.5. The Hall–Kier alpha value is -2.62. The Morgan fingerprint density at radius 3 is 2.48 bits per heavy atom. The van der Waals surface area contributed by atoms with Gasteiger partial charge in [0, 0.05) is 24.8 Å². The van der Waals surface area contributed by atoms with E-state index >= 15 is 0 Å². The van der Waals surface area contributed by atoms with Crippen LogP contribution in [-0.2, 0) is 0 Å². The van der Waals surface area contributed by atoms with Gasteiger partial charge in [0.25, 0.3) is 0 Å². The summed E-state index contributed by atoms with van der Waals surface area (Å²) in [7, 11) is 0. The molecule has 0 unspecified atom stereocenters. The Kier molecular flexibility index (Phi) is 5.52. The van der Waals surface area contributed by atoms with Crippen LogP contribution in [0.4, 0.5) is 5.69 Å². The maximum Gasteiger partial charge on any atom is 0.343 e. The summed E-state index contributed by atoms with van der Waals surface area (Å²) in [6.45, 7) is 7.68. The number of aryl methyl sites for hydroxylation is 1. The SMILES string of the molecule is CCN(CC)c1ccc(C=O)c(OC(=O)c2cccc(C)c2)c1. The molecule has 0 heterocycles. The van der Waals surface area contributed by atoms with Crippen molar-refractivity contribution >= 4 is 17.9 Å². The molecule has 2 rings (SSSR count). The number of aldehydes is 1. The summed E-state index contributed by atoms with van der Waals surface area (Å²) in [5, 5.41) is 0. The van der Waals surface area contributed by atoms with Crippen molar-refractivity contribution in [3.05, 3.63) is 59.2 Å². The molecule has 0 N–H and O–H groups in total. The third-order valence-electron chi connectivity index (χ3n) is 3.71. The standard InChI is InChI=1S/C19H21NO3/c1-4-20(5-2)17-10-9-16(13-21)18(12-17)23-19(22)15-8-6-7-14(3)11-15/h6-13H,4-5H2,1-3H3. The smallest absolute Gasteiger partial charge is 0.343 e. The van der Waals surface area contributed by atoms with Crippen LogP contribution in [0.1, 0.15) is 40.1 Å². The zero-order valence-electron chi connectivity index (χ0n) is 13.7. The van der Waals surface area contributed by atoms with E-state index in [0.717, 1.165) is 24.3 Å². The van der Waals surface area contributed by atoms with E-state index in [0.29, 0.717) is 17.4 Å². The van der Waals surface area contributed by atoms with Crippen LogP contribution in [0, 0.1) is 6.92 Å². The van der Waals surface area contributed by atoms with E-state index in [1.54, 1.807) is 30.3 Å². The zero-order chi connectivity index (χ0) is 16.8. The lowest BCUT2D eigenvalue weighted by Crippen LogP contribution is -2.22. The molecule has 2 aromatic rings. The molecule has 0 bridgehead atoms. The van der Waals surface area contributed by atoms with Crippen LogP contribution >= 0.6 is 0 Å². The van der Waals surface area contributed by atoms with Crippen molar-refractivity contribution in [1.29, 1.82) is 0 Å². The number of benzene rings is 2. The summed E-state index contributed by atoms with van der Waals surface area (Å²) in [5.74, 6) is -0.176. The molecule has 0 aliphatic rings. The molecule has 2 aromatic carbocycles. The van der Waals surface area contributed by atoms with Crippen molar-refractivity contribution in [2.45, 2.75) is 20.8 Å². The molecule has 4 heteroatoms. The number of esters is 1. The van der Waals surface area contributed by atoms with Crippen molar-refractivity contribution in [3.8, 4) is 5.75 Å². The second-order valence-electron chi connectivity index (χ2n) is 5.27. The monoisotopic (exact) mass is 311 g/mol. The summed E-state index contributed by atoms with van der Waals surface area (Å²) < 4.78 is 5.46. The van der Waals surface area contributed by atoms with Crippen LogP contribution in [0.2, 0.25) is 0 Å². The summed E-state index contributed by atoms with van der Waals surface area (Å²) in [6.07, 6.45) is 0.699. The molecule has 0 aromatic heterocycles. The van der Waals surface area contributed by atoms with E-state index in [2.05, 4.69) is 18.7 Å². The Morgan fingerprint density at radius 2 is 1.87 bits per heavy atom. The van der Waals surface area contributed by atoms with Gasteiger partial charge in [0.15, 0.2) is 6.29 Å². The van der Waals surface area contributed by atoms with E-state index < -0.39 is 5.97 Å². The average Bonchev–Trinajstić information content (AvgIpc) is 2.56. The van der Waals surface area contributed by atoms with Gasteiger partial charge in [0.1, 0.15) is 5.75 Å². The highest BCUT2D eigenvalue weighted by Gasteiger charge is 2.14. The third kappa shape index (κ3) is 3.97. The molecule has 0 spiro atoms. The largest absolute Gasteiger partial charge is 0.422 e. The van der Waals surface area contributed by atoms with Crippen LogP contribution in [-0.4, -0.2) is 25.3 Å². The lowest BCUT2D eigenvalue weighted by Gasteiger charge is -2.22. The van der Waals surface area contributed by atoms with E-state index in [-0.39, 0.29) is 5.75 Å². The van der Waals surface area contributed by atoms with Gasteiger partial charge in [0.05, 0.1) is 11.1 Å². The molecule has 0 atom stereocenters. The summed E-state index contributed by atoms with van der Waals surface area (Å²) in [5.41, 5.74) is 2.73. The molecule has 0 aliphatic heterocycles. The third-order valence-corrected chi connectivity index (χ3v) is 3.71. The first-order valence-electron chi connectivity index (χ1n) is 7.72. The Labute approximate surface area is 136 Å². The van der Waals surface area contributed by atoms with Crippen molar-refractivity contribution in [2.75, 3.05) is 18.0 Å². The second-order valence-corrected chi connectivity index (χ2v) is 5.27. The number of carbonyl (C=O) groups is 2. The van der Waals surface area contributed by atoms with Gasteiger partial charge in [-0.2, -0.15) is 0 Å². The van der Waals surface area contributed by atoms with E-state index in [1.807, 2.05) is 19.1 Å². The maximum absolute atomic E-state index is 12.3. The topological polar surface area (TPSA) is 46.6 Å². The van der Waals surface area contributed by atoms with Crippen LogP contribution in [0.5, 0.6) is 5.75 Å². The Morgan fingerprint density at radius 1 is 1.13 bits per heavy atom. The molecule has 23 heavy (non-hydrogen) atoms. The van der Waals surface area contributed by atoms with Gasteiger partial charge >= 0.3 is 5.97 Å². The number of anilines is 1. The predicted octanol–water partition coefficient (Wildman–Crippen LogP) is 3.87. The molecule has 0 amide bonds. The highest BCUT2D eigenvalue weighted by Crippen LogP contribution is 2.26. The number of hydrogen-bond acceptors (Lipinski definition) is 4. The zero-order valence-corrected chi connectivity index (χ0v) is 13.7. The van der Waals surface area contributed by atoms with Gasteiger partial charge in [-0.1, -0.05) is 17.7 Å². The van der Waals surface area contributed by atoms with E-state index in [4.69, 9.17) is 4.74 Å².